The minimum atomic E-state index is 0.222. The fourth-order valence-electron chi connectivity index (χ4n) is 2.56. The summed E-state index contributed by atoms with van der Waals surface area (Å²) in [5.41, 5.74) is 8.93. The van der Waals surface area contributed by atoms with Gasteiger partial charge in [-0.3, -0.25) is 0 Å². The van der Waals surface area contributed by atoms with Gasteiger partial charge in [0.25, 0.3) is 0 Å². The Balaban J connectivity index is 2.34. The van der Waals surface area contributed by atoms with Gasteiger partial charge in [0.2, 0.25) is 0 Å². The molecule has 1 aliphatic rings. The number of aryl methyl sites for hydroxylation is 1. The van der Waals surface area contributed by atoms with Gasteiger partial charge in [0, 0.05) is 25.0 Å². The van der Waals surface area contributed by atoms with Crippen LogP contribution < -0.4 is 5.73 Å². The third kappa shape index (κ3) is 1.35. The molecule has 0 bridgehead atoms. The quantitative estimate of drug-likeness (QED) is 0.757. The molecule has 0 spiro atoms. The molecule has 0 saturated carbocycles. The van der Waals surface area contributed by atoms with Gasteiger partial charge in [-0.1, -0.05) is 24.3 Å². The van der Waals surface area contributed by atoms with Crippen molar-refractivity contribution >= 4 is 0 Å². The van der Waals surface area contributed by atoms with Crippen LogP contribution >= 0.6 is 0 Å². The van der Waals surface area contributed by atoms with Crippen LogP contribution in [-0.2, 0) is 5.41 Å². The Kier molecular flexibility index (Phi) is 2.33. The lowest BCUT2D eigenvalue weighted by Gasteiger charge is -2.49. The summed E-state index contributed by atoms with van der Waals surface area (Å²) in [6, 6.07) is 8.59. The van der Waals surface area contributed by atoms with Crippen molar-refractivity contribution in [2.45, 2.75) is 12.3 Å². The zero-order chi connectivity index (χ0) is 10.2. The van der Waals surface area contributed by atoms with Crippen molar-refractivity contribution in [1.29, 1.82) is 0 Å². The van der Waals surface area contributed by atoms with E-state index < -0.39 is 0 Å². The lowest BCUT2D eigenvalue weighted by molar-refractivity contribution is 0.0995. The van der Waals surface area contributed by atoms with Gasteiger partial charge in [0.05, 0.1) is 0 Å². The van der Waals surface area contributed by atoms with E-state index in [4.69, 9.17) is 5.73 Å². The van der Waals surface area contributed by atoms with Crippen LogP contribution in [-0.4, -0.2) is 31.6 Å². The summed E-state index contributed by atoms with van der Waals surface area (Å²) in [6.07, 6.45) is 0. The first kappa shape index (κ1) is 9.69. The standard InChI is InChI=1S/C12H18N2/c1-10-5-3-4-6-11(10)12(7-13)8-14(2)9-12/h3-6H,7-9,13H2,1-2H3. The average molecular weight is 190 g/mol. The van der Waals surface area contributed by atoms with Crippen molar-refractivity contribution in [3.8, 4) is 0 Å². The summed E-state index contributed by atoms with van der Waals surface area (Å²) >= 11 is 0. The molecule has 1 fully saturated rings. The number of hydrogen-bond acceptors (Lipinski definition) is 2. The van der Waals surface area contributed by atoms with E-state index >= 15 is 0 Å². The first-order chi connectivity index (χ1) is 6.68. The monoisotopic (exact) mass is 190 g/mol. The lowest BCUT2D eigenvalue weighted by Crippen LogP contribution is -2.61. The molecule has 1 aliphatic heterocycles. The Morgan fingerprint density at radius 1 is 1.36 bits per heavy atom. The highest BCUT2D eigenvalue weighted by Crippen LogP contribution is 2.34. The molecule has 2 heteroatoms. The van der Waals surface area contributed by atoms with Crippen LogP contribution in [0, 0.1) is 6.92 Å². The van der Waals surface area contributed by atoms with E-state index in [0.29, 0.717) is 0 Å². The smallest absolute Gasteiger partial charge is 0.0332 e. The van der Waals surface area contributed by atoms with Gasteiger partial charge >= 0.3 is 0 Å². The molecule has 0 aliphatic carbocycles. The van der Waals surface area contributed by atoms with E-state index in [-0.39, 0.29) is 5.41 Å². The second-order valence-electron chi connectivity index (χ2n) is 4.47. The normalized spacial score (nSPS) is 20.5. The van der Waals surface area contributed by atoms with Crippen molar-refractivity contribution in [2.75, 3.05) is 26.7 Å². The molecule has 1 heterocycles. The Hall–Kier alpha value is -0.860. The van der Waals surface area contributed by atoms with Gasteiger partial charge in [0.15, 0.2) is 0 Å². The van der Waals surface area contributed by atoms with E-state index in [2.05, 4.69) is 43.1 Å². The molecule has 2 nitrogen and oxygen atoms in total. The molecule has 1 saturated heterocycles. The summed E-state index contributed by atoms with van der Waals surface area (Å²) in [6.45, 7) is 5.11. The third-order valence-corrected chi connectivity index (χ3v) is 3.25. The summed E-state index contributed by atoms with van der Waals surface area (Å²) in [5, 5.41) is 0. The molecule has 0 amide bonds. The topological polar surface area (TPSA) is 29.3 Å². The molecule has 0 radical (unpaired) electrons. The van der Waals surface area contributed by atoms with Crippen molar-refractivity contribution in [2.24, 2.45) is 5.73 Å². The van der Waals surface area contributed by atoms with Crippen LogP contribution in [0.4, 0.5) is 0 Å². The van der Waals surface area contributed by atoms with Gasteiger partial charge in [0.1, 0.15) is 0 Å². The number of nitrogens with two attached hydrogens (primary N) is 1. The van der Waals surface area contributed by atoms with E-state index in [9.17, 15) is 0 Å². The van der Waals surface area contributed by atoms with Gasteiger partial charge in [-0.2, -0.15) is 0 Å². The summed E-state index contributed by atoms with van der Waals surface area (Å²) in [5.74, 6) is 0. The van der Waals surface area contributed by atoms with Gasteiger partial charge in [-0.25, -0.2) is 0 Å². The van der Waals surface area contributed by atoms with Crippen LogP contribution in [0.5, 0.6) is 0 Å². The number of nitrogens with zero attached hydrogens (tertiary/aromatic N) is 1. The minimum Gasteiger partial charge on any atom is -0.329 e. The Bertz CT molecular complexity index is 327. The highest BCUT2D eigenvalue weighted by molar-refractivity contribution is 5.37. The molecule has 0 aromatic heterocycles. The SMILES string of the molecule is Cc1ccccc1C1(CN)CN(C)C1. The molecule has 0 atom stereocenters. The van der Waals surface area contributed by atoms with Crippen molar-refractivity contribution in [3.63, 3.8) is 0 Å². The molecular weight excluding hydrogens is 172 g/mol. The van der Waals surface area contributed by atoms with Crippen LogP contribution in [0.15, 0.2) is 24.3 Å². The first-order valence-corrected chi connectivity index (χ1v) is 5.13. The van der Waals surface area contributed by atoms with Crippen molar-refractivity contribution in [3.05, 3.63) is 35.4 Å². The molecule has 14 heavy (non-hydrogen) atoms. The van der Waals surface area contributed by atoms with Crippen LogP contribution in [0.1, 0.15) is 11.1 Å². The minimum absolute atomic E-state index is 0.222. The molecule has 76 valence electrons. The average Bonchev–Trinajstić information content (AvgIpc) is 2.14. The number of rotatable bonds is 2. The van der Waals surface area contributed by atoms with Crippen LogP contribution in [0.2, 0.25) is 0 Å². The molecule has 1 aromatic rings. The highest BCUT2D eigenvalue weighted by atomic mass is 15.2. The molecule has 0 unspecified atom stereocenters. The maximum absolute atomic E-state index is 5.91. The summed E-state index contributed by atoms with van der Waals surface area (Å²) in [4.78, 5) is 2.32. The predicted molar refractivity (Wildman–Crippen MR) is 59.4 cm³/mol. The van der Waals surface area contributed by atoms with E-state index in [0.717, 1.165) is 19.6 Å². The van der Waals surface area contributed by atoms with E-state index in [1.54, 1.807) is 0 Å². The van der Waals surface area contributed by atoms with Gasteiger partial charge < -0.3 is 10.6 Å². The number of likely N-dealkylation sites (N-methyl/N-ethyl adjacent to an activating group) is 1. The number of hydrogen-bond donors (Lipinski definition) is 1. The zero-order valence-electron chi connectivity index (χ0n) is 8.96. The fourth-order valence-corrected chi connectivity index (χ4v) is 2.56. The second kappa shape index (κ2) is 3.37. The lowest BCUT2D eigenvalue weighted by atomic mass is 9.72. The van der Waals surface area contributed by atoms with Crippen LogP contribution in [0.25, 0.3) is 0 Å². The van der Waals surface area contributed by atoms with E-state index in [1.807, 2.05) is 0 Å². The summed E-state index contributed by atoms with van der Waals surface area (Å²) < 4.78 is 0. The first-order valence-electron chi connectivity index (χ1n) is 5.13. The Morgan fingerprint density at radius 2 is 2.00 bits per heavy atom. The Morgan fingerprint density at radius 3 is 2.50 bits per heavy atom. The molecule has 1 aromatic carbocycles. The summed E-state index contributed by atoms with van der Waals surface area (Å²) in [7, 11) is 2.15. The van der Waals surface area contributed by atoms with E-state index in [1.165, 1.54) is 11.1 Å². The van der Waals surface area contributed by atoms with Gasteiger partial charge in [-0.05, 0) is 25.1 Å². The Labute approximate surface area is 85.7 Å². The molecular formula is C12H18N2. The molecule has 2 rings (SSSR count). The fraction of sp³-hybridized carbons (Fsp3) is 0.500. The highest BCUT2D eigenvalue weighted by Gasteiger charge is 2.41. The van der Waals surface area contributed by atoms with Gasteiger partial charge in [-0.15, -0.1) is 0 Å². The largest absolute Gasteiger partial charge is 0.329 e. The van der Waals surface area contributed by atoms with Crippen molar-refractivity contribution < 1.29 is 0 Å². The third-order valence-electron chi connectivity index (χ3n) is 3.25. The maximum Gasteiger partial charge on any atom is 0.0332 e. The molecule has 2 N–H and O–H groups in total. The van der Waals surface area contributed by atoms with Crippen LogP contribution in [0.3, 0.4) is 0 Å². The predicted octanol–water partition coefficient (Wildman–Crippen LogP) is 1.14. The second-order valence-corrected chi connectivity index (χ2v) is 4.47. The zero-order valence-corrected chi connectivity index (χ0v) is 8.96. The number of benzene rings is 1. The maximum atomic E-state index is 5.91. The van der Waals surface area contributed by atoms with Crippen molar-refractivity contribution in [1.82, 2.24) is 4.90 Å². The number of likely N-dealkylation sites (tertiary alicyclic amines) is 1.